The standard InChI is InChI=1S/C10H10FO.BrH.Mg/c1-2-7-12-8-9-5-3-4-6-10(9)11;;/h2-3,5-6H,1,7-8H2;1H;/q-1;;+2/p-1. The van der Waals surface area contributed by atoms with Crippen LogP contribution in [0.3, 0.4) is 0 Å². The van der Waals surface area contributed by atoms with E-state index in [1.165, 1.54) is 6.07 Å². The molecule has 0 fully saturated rings. The predicted molar refractivity (Wildman–Crippen MR) is 50.8 cm³/mol. The molecular weight excluding hydrogens is 259 g/mol. The molecule has 0 saturated heterocycles. The van der Waals surface area contributed by atoms with E-state index in [1.807, 2.05) is 0 Å². The van der Waals surface area contributed by atoms with Crippen molar-refractivity contribution >= 4 is 23.1 Å². The van der Waals surface area contributed by atoms with Crippen molar-refractivity contribution in [3.63, 3.8) is 0 Å². The van der Waals surface area contributed by atoms with Gasteiger partial charge >= 0.3 is 23.1 Å². The van der Waals surface area contributed by atoms with Gasteiger partial charge in [-0.2, -0.15) is 18.2 Å². The molecule has 0 unspecified atom stereocenters. The van der Waals surface area contributed by atoms with Crippen LogP contribution >= 0.6 is 0 Å². The molecule has 0 aliphatic carbocycles. The van der Waals surface area contributed by atoms with E-state index in [-0.39, 0.29) is 52.5 Å². The molecule has 0 aromatic heterocycles. The fourth-order valence-electron chi connectivity index (χ4n) is 0.812. The third kappa shape index (κ3) is 5.75. The van der Waals surface area contributed by atoms with E-state index in [0.29, 0.717) is 12.2 Å². The van der Waals surface area contributed by atoms with Crippen LogP contribution in [0.4, 0.5) is 4.39 Å². The summed E-state index contributed by atoms with van der Waals surface area (Å²) in [4.78, 5) is 0. The van der Waals surface area contributed by atoms with Crippen molar-refractivity contribution in [1.82, 2.24) is 0 Å². The van der Waals surface area contributed by atoms with Gasteiger partial charge in [0, 0.05) is 5.82 Å². The third-order valence-corrected chi connectivity index (χ3v) is 1.39. The summed E-state index contributed by atoms with van der Waals surface area (Å²) < 4.78 is 18.0. The molecule has 0 radical (unpaired) electrons. The first kappa shape index (κ1) is 16.5. The smallest absolute Gasteiger partial charge is 1.00 e. The van der Waals surface area contributed by atoms with Crippen molar-refractivity contribution < 1.29 is 26.1 Å². The quantitative estimate of drug-likeness (QED) is 0.293. The van der Waals surface area contributed by atoms with Crippen molar-refractivity contribution in [3.8, 4) is 0 Å². The van der Waals surface area contributed by atoms with Crippen molar-refractivity contribution in [3.05, 3.63) is 48.3 Å². The maximum absolute atomic E-state index is 12.9. The monoisotopic (exact) mass is 268 g/mol. The number of hydrogen-bond donors (Lipinski definition) is 0. The summed E-state index contributed by atoms with van der Waals surface area (Å²) in [7, 11) is 0. The summed E-state index contributed by atoms with van der Waals surface area (Å²) in [5.74, 6) is -0.276. The van der Waals surface area contributed by atoms with Gasteiger partial charge in [0.15, 0.2) is 0 Å². The molecule has 0 bridgehead atoms. The Morgan fingerprint density at radius 3 is 2.86 bits per heavy atom. The second-order valence-corrected chi connectivity index (χ2v) is 2.32. The molecule has 0 saturated carbocycles. The van der Waals surface area contributed by atoms with E-state index in [9.17, 15) is 4.39 Å². The van der Waals surface area contributed by atoms with Crippen molar-refractivity contribution in [1.29, 1.82) is 0 Å². The van der Waals surface area contributed by atoms with E-state index < -0.39 is 0 Å². The number of rotatable bonds is 4. The molecule has 1 nitrogen and oxygen atoms in total. The van der Waals surface area contributed by atoms with Gasteiger partial charge < -0.3 is 21.7 Å². The zero-order chi connectivity index (χ0) is 8.81. The summed E-state index contributed by atoms with van der Waals surface area (Å²) in [5.41, 5.74) is 0.551. The maximum Gasteiger partial charge on any atom is 2.00 e. The van der Waals surface area contributed by atoms with Gasteiger partial charge in [-0.3, -0.25) is 4.39 Å². The van der Waals surface area contributed by atoms with Crippen LogP contribution in [0.5, 0.6) is 0 Å². The Morgan fingerprint density at radius 2 is 2.29 bits per heavy atom. The minimum Gasteiger partial charge on any atom is -1.00 e. The molecule has 0 aliphatic heterocycles. The molecular formula is C10H10BrFMgO. The van der Waals surface area contributed by atoms with E-state index in [2.05, 4.69) is 12.6 Å². The second kappa shape index (κ2) is 9.64. The van der Waals surface area contributed by atoms with E-state index in [0.717, 1.165) is 0 Å². The average molecular weight is 269 g/mol. The molecule has 0 heterocycles. The van der Waals surface area contributed by atoms with Crippen LogP contribution < -0.4 is 17.0 Å². The Morgan fingerprint density at radius 1 is 1.57 bits per heavy atom. The van der Waals surface area contributed by atoms with Gasteiger partial charge in [-0.15, -0.1) is 12.6 Å². The maximum atomic E-state index is 12.9. The Kier molecular flexibility index (Phi) is 11.4. The van der Waals surface area contributed by atoms with Crippen molar-refractivity contribution in [2.45, 2.75) is 6.61 Å². The third-order valence-electron chi connectivity index (χ3n) is 1.39. The van der Waals surface area contributed by atoms with Crippen LogP contribution in [0.15, 0.2) is 30.9 Å². The first-order valence-corrected chi connectivity index (χ1v) is 3.67. The van der Waals surface area contributed by atoms with E-state index >= 15 is 0 Å². The van der Waals surface area contributed by atoms with Gasteiger partial charge in [0.25, 0.3) is 0 Å². The zero-order valence-electron chi connectivity index (χ0n) is 7.80. The SMILES string of the molecule is C=CCOCc1cc[c-]cc1F.[Br-].[Mg+2]. The minimum absolute atomic E-state index is 0. The number of benzene rings is 1. The summed E-state index contributed by atoms with van der Waals surface area (Å²) in [6.45, 7) is 4.22. The number of hydrogen-bond acceptors (Lipinski definition) is 1. The first-order valence-electron chi connectivity index (χ1n) is 3.67. The summed E-state index contributed by atoms with van der Waals surface area (Å²) in [6, 6.07) is 7.25. The first-order chi connectivity index (χ1) is 5.84. The summed E-state index contributed by atoms with van der Waals surface area (Å²) in [5, 5.41) is 0. The van der Waals surface area contributed by atoms with E-state index in [1.54, 1.807) is 18.2 Å². The molecule has 0 aliphatic rings. The van der Waals surface area contributed by atoms with Crippen molar-refractivity contribution in [2.24, 2.45) is 0 Å². The van der Waals surface area contributed by atoms with Crippen LogP contribution in [-0.4, -0.2) is 29.7 Å². The number of halogens is 2. The zero-order valence-corrected chi connectivity index (χ0v) is 10.8. The fourth-order valence-corrected chi connectivity index (χ4v) is 0.812. The van der Waals surface area contributed by atoms with Gasteiger partial charge in [0.05, 0.1) is 13.2 Å². The molecule has 0 atom stereocenters. The van der Waals surface area contributed by atoms with Gasteiger partial charge in [-0.25, -0.2) is 0 Å². The molecule has 0 amide bonds. The molecule has 14 heavy (non-hydrogen) atoms. The van der Waals surface area contributed by atoms with Gasteiger partial charge in [0.2, 0.25) is 0 Å². The van der Waals surface area contributed by atoms with Crippen molar-refractivity contribution in [2.75, 3.05) is 6.61 Å². The average Bonchev–Trinajstić information content (AvgIpc) is 2.09. The van der Waals surface area contributed by atoms with Gasteiger partial charge in [-0.05, 0) is 0 Å². The molecule has 1 rings (SSSR count). The molecule has 0 N–H and O–H groups in total. The Balaban J connectivity index is 0. The molecule has 1 aromatic carbocycles. The summed E-state index contributed by atoms with van der Waals surface area (Å²) in [6.07, 6.45) is 1.63. The normalized spacial score (nSPS) is 8.36. The number of ether oxygens (including phenoxy) is 1. The fraction of sp³-hybridized carbons (Fsp3) is 0.200. The summed E-state index contributed by atoms with van der Waals surface area (Å²) >= 11 is 0. The van der Waals surface area contributed by atoms with Crippen LogP contribution in [0.2, 0.25) is 0 Å². The molecule has 1 aromatic rings. The van der Waals surface area contributed by atoms with E-state index in [4.69, 9.17) is 4.74 Å². The van der Waals surface area contributed by atoms with Crippen LogP contribution in [0.25, 0.3) is 0 Å². The largest absolute Gasteiger partial charge is 2.00 e. The topological polar surface area (TPSA) is 9.23 Å². The molecule has 72 valence electrons. The van der Waals surface area contributed by atoms with Gasteiger partial charge in [-0.1, -0.05) is 11.6 Å². The van der Waals surface area contributed by atoms with Gasteiger partial charge in [0.1, 0.15) is 0 Å². The second-order valence-electron chi connectivity index (χ2n) is 2.32. The minimum atomic E-state index is -0.276. The van der Waals surface area contributed by atoms with Crippen LogP contribution in [-0.2, 0) is 11.3 Å². The molecule has 0 spiro atoms. The predicted octanol–water partition coefficient (Wildman–Crippen LogP) is -1.05. The Bertz CT molecular complexity index is 268. The van der Waals surface area contributed by atoms with Crippen LogP contribution in [0, 0.1) is 11.9 Å². The van der Waals surface area contributed by atoms with Crippen LogP contribution in [0.1, 0.15) is 5.56 Å². The molecule has 4 heteroatoms. The Hall–Kier alpha value is 0.0962. The Labute approximate surface area is 110 Å².